The Kier molecular flexibility index (Phi) is 4.28. The molecule has 92 valence electrons. The molecule has 0 amide bonds. The van der Waals surface area contributed by atoms with Gasteiger partial charge in [0.05, 0.1) is 29.6 Å². The molecule has 1 aromatic carbocycles. The molecule has 0 saturated carbocycles. The molecule has 0 bridgehead atoms. The molecule has 2 rings (SSSR count). The first-order valence-corrected chi connectivity index (χ1v) is 6.86. The van der Waals surface area contributed by atoms with Crippen molar-refractivity contribution in [2.75, 3.05) is 19.0 Å². The van der Waals surface area contributed by atoms with Crippen molar-refractivity contribution in [1.82, 2.24) is 0 Å². The molecule has 5 heteroatoms. The van der Waals surface area contributed by atoms with Gasteiger partial charge in [-0.05, 0) is 12.1 Å². The van der Waals surface area contributed by atoms with Gasteiger partial charge in [-0.15, -0.1) is 0 Å². The highest BCUT2D eigenvalue weighted by Gasteiger charge is 2.23. The van der Waals surface area contributed by atoms with E-state index in [0.29, 0.717) is 24.3 Å². The molecule has 17 heavy (non-hydrogen) atoms. The van der Waals surface area contributed by atoms with Gasteiger partial charge in [-0.1, -0.05) is 18.2 Å². The zero-order valence-corrected chi connectivity index (χ0v) is 10.2. The van der Waals surface area contributed by atoms with Gasteiger partial charge >= 0.3 is 5.97 Å². The molecule has 2 unspecified atom stereocenters. The summed E-state index contributed by atoms with van der Waals surface area (Å²) in [5.41, 5.74) is 0.250. The minimum atomic E-state index is -0.933. The number of carbonyl (C=O) groups is 1. The molecule has 1 heterocycles. The Morgan fingerprint density at radius 3 is 2.82 bits per heavy atom. The number of rotatable bonds is 4. The fourth-order valence-electron chi connectivity index (χ4n) is 1.59. The summed E-state index contributed by atoms with van der Waals surface area (Å²) in [7, 11) is -0.933. The summed E-state index contributed by atoms with van der Waals surface area (Å²) in [6.07, 6.45) is 0.491. The van der Waals surface area contributed by atoms with Crippen LogP contribution >= 0.6 is 0 Å². The van der Waals surface area contributed by atoms with Crippen LogP contribution in [-0.2, 0) is 20.3 Å². The predicted molar refractivity (Wildman–Crippen MR) is 64.1 cm³/mol. The summed E-state index contributed by atoms with van der Waals surface area (Å²) >= 11 is 0. The highest BCUT2D eigenvalue weighted by Crippen LogP contribution is 2.12. The molecular formula is C12H14O4S. The second kappa shape index (κ2) is 5.93. The molecule has 0 radical (unpaired) electrons. The van der Waals surface area contributed by atoms with Crippen LogP contribution in [0.1, 0.15) is 16.8 Å². The highest BCUT2D eigenvalue weighted by atomic mass is 32.2. The van der Waals surface area contributed by atoms with Crippen molar-refractivity contribution in [2.24, 2.45) is 0 Å². The second-order valence-electron chi connectivity index (χ2n) is 3.68. The zero-order valence-electron chi connectivity index (χ0n) is 9.33. The van der Waals surface area contributed by atoms with Gasteiger partial charge in [0, 0.05) is 12.2 Å². The van der Waals surface area contributed by atoms with Crippen molar-refractivity contribution in [3.8, 4) is 0 Å². The lowest BCUT2D eigenvalue weighted by Gasteiger charge is -2.08. The molecule has 1 aliphatic rings. The number of carbonyl (C=O) groups excluding carboxylic acids is 1. The van der Waals surface area contributed by atoms with E-state index < -0.39 is 10.8 Å². The molecule has 2 atom stereocenters. The van der Waals surface area contributed by atoms with Crippen LogP contribution in [0.4, 0.5) is 0 Å². The van der Waals surface area contributed by atoms with Crippen LogP contribution < -0.4 is 0 Å². The lowest BCUT2D eigenvalue weighted by Crippen LogP contribution is -2.16. The summed E-state index contributed by atoms with van der Waals surface area (Å²) in [4.78, 5) is 11.6. The first-order chi connectivity index (χ1) is 8.27. The molecule has 0 N–H and O–H groups in total. The van der Waals surface area contributed by atoms with Crippen LogP contribution in [-0.4, -0.2) is 34.6 Å². The minimum absolute atomic E-state index is 0.240. The van der Waals surface area contributed by atoms with Gasteiger partial charge in [0.25, 0.3) is 0 Å². The van der Waals surface area contributed by atoms with Crippen molar-refractivity contribution in [2.45, 2.75) is 11.9 Å². The van der Waals surface area contributed by atoms with E-state index in [9.17, 15) is 9.00 Å². The van der Waals surface area contributed by atoms with Crippen LogP contribution in [0.2, 0.25) is 0 Å². The van der Waals surface area contributed by atoms with Crippen molar-refractivity contribution in [1.29, 1.82) is 0 Å². The SMILES string of the molecule is O=C(OCCC1OCCS1=O)c1ccccc1. The van der Waals surface area contributed by atoms with E-state index >= 15 is 0 Å². The lowest BCUT2D eigenvalue weighted by molar-refractivity contribution is 0.0438. The lowest BCUT2D eigenvalue weighted by atomic mass is 10.2. The van der Waals surface area contributed by atoms with Crippen molar-refractivity contribution < 1.29 is 18.5 Å². The first kappa shape index (κ1) is 12.3. The molecule has 1 aliphatic heterocycles. The number of esters is 1. The molecular weight excluding hydrogens is 240 g/mol. The van der Waals surface area contributed by atoms with Crippen LogP contribution in [0.5, 0.6) is 0 Å². The Labute approximate surface area is 102 Å². The third kappa shape index (κ3) is 3.38. The molecule has 1 saturated heterocycles. The standard InChI is InChI=1S/C12H14O4S/c13-12(10-4-2-1-3-5-10)16-7-6-11-15-8-9-17(11)14/h1-5,11H,6-9H2. The molecule has 0 aliphatic carbocycles. The molecule has 4 nitrogen and oxygen atoms in total. The summed E-state index contributed by atoms with van der Waals surface area (Å²) in [5, 5.41) is 0. The summed E-state index contributed by atoms with van der Waals surface area (Å²) in [6.45, 7) is 0.772. The van der Waals surface area contributed by atoms with E-state index in [1.54, 1.807) is 24.3 Å². The summed E-state index contributed by atoms with van der Waals surface area (Å²) in [5.74, 6) is 0.228. The average molecular weight is 254 g/mol. The van der Waals surface area contributed by atoms with Crippen molar-refractivity contribution >= 4 is 16.8 Å². The Morgan fingerprint density at radius 2 is 2.18 bits per heavy atom. The van der Waals surface area contributed by atoms with Crippen molar-refractivity contribution in [3.05, 3.63) is 35.9 Å². The van der Waals surface area contributed by atoms with Crippen molar-refractivity contribution in [3.63, 3.8) is 0 Å². The topological polar surface area (TPSA) is 52.6 Å². The largest absolute Gasteiger partial charge is 0.462 e. The van der Waals surface area contributed by atoms with E-state index in [1.807, 2.05) is 6.07 Å². The summed E-state index contributed by atoms with van der Waals surface area (Å²) in [6, 6.07) is 8.81. The van der Waals surface area contributed by atoms with Gasteiger partial charge in [-0.25, -0.2) is 4.79 Å². The van der Waals surface area contributed by atoms with E-state index in [2.05, 4.69) is 0 Å². The van der Waals surface area contributed by atoms with Gasteiger partial charge in [0.1, 0.15) is 5.44 Å². The monoisotopic (exact) mass is 254 g/mol. The number of benzene rings is 1. The quantitative estimate of drug-likeness (QED) is 0.761. The normalized spacial score (nSPS) is 23.5. The molecule has 1 fully saturated rings. The third-order valence-electron chi connectivity index (χ3n) is 2.48. The Hall–Kier alpha value is -1.20. The van der Waals surface area contributed by atoms with E-state index in [0.717, 1.165) is 0 Å². The number of hydrogen-bond acceptors (Lipinski definition) is 4. The van der Waals surface area contributed by atoms with Gasteiger partial charge in [0.2, 0.25) is 0 Å². The second-order valence-corrected chi connectivity index (χ2v) is 5.37. The summed E-state index contributed by atoms with van der Waals surface area (Å²) < 4.78 is 21.7. The highest BCUT2D eigenvalue weighted by molar-refractivity contribution is 7.85. The Bertz CT molecular complexity index is 404. The predicted octanol–water partition coefficient (Wildman–Crippen LogP) is 1.34. The third-order valence-corrected chi connectivity index (χ3v) is 4.00. The van der Waals surface area contributed by atoms with Crippen LogP contribution in [0.3, 0.4) is 0 Å². The van der Waals surface area contributed by atoms with Crippen LogP contribution in [0, 0.1) is 0 Å². The maximum Gasteiger partial charge on any atom is 0.338 e. The molecule has 1 aromatic rings. The zero-order chi connectivity index (χ0) is 12.1. The molecule has 0 spiro atoms. The fourth-order valence-corrected chi connectivity index (χ4v) is 2.72. The van der Waals surface area contributed by atoms with Gasteiger partial charge < -0.3 is 9.47 Å². The van der Waals surface area contributed by atoms with E-state index in [4.69, 9.17) is 9.47 Å². The van der Waals surface area contributed by atoms with E-state index in [1.165, 1.54) is 0 Å². The van der Waals surface area contributed by atoms with Crippen LogP contribution in [0.25, 0.3) is 0 Å². The Morgan fingerprint density at radius 1 is 1.41 bits per heavy atom. The van der Waals surface area contributed by atoms with Gasteiger partial charge in [0.15, 0.2) is 0 Å². The smallest absolute Gasteiger partial charge is 0.338 e. The van der Waals surface area contributed by atoms with Gasteiger partial charge in [-0.3, -0.25) is 4.21 Å². The van der Waals surface area contributed by atoms with Gasteiger partial charge in [-0.2, -0.15) is 0 Å². The average Bonchev–Trinajstić information content (AvgIpc) is 2.76. The molecule has 0 aromatic heterocycles. The van der Waals surface area contributed by atoms with E-state index in [-0.39, 0.29) is 18.0 Å². The minimum Gasteiger partial charge on any atom is -0.462 e. The Balaban J connectivity index is 1.75. The first-order valence-electron chi connectivity index (χ1n) is 5.48. The number of hydrogen-bond donors (Lipinski definition) is 0. The number of ether oxygens (including phenoxy) is 2. The maximum absolute atomic E-state index is 11.6. The maximum atomic E-state index is 11.6. The van der Waals surface area contributed by atoms with Crippen LogP contribution in [0.15, 0.2) is 30.3 Å². The fraction of sp³-hybridized carbons (Fsp3) is 0.417.